The lowest BCUT2D eigenvalue weighted by Gasteiger charge is -2.67. The minimum absolute atomic E-state index is 0.0747. The number of nitrogens with one attached hydrogen (secondary N) is 1. The number of fused-ring (bicyclic) bond motifs is 5. The maximum atomic E-state index is 14.9. The standard InChI is InChI=1S/C43H53NO14/c1-22-26(55-37(51)32(48)30(24-15-11-9-12-16-24)44-38(52)58-39(3,4)5)20-43(53)35(56-36(50)25-17-13-10-14-18-25)33-41(8,34(49)31(47)29(22)40(43,6)7)27(46)19-28-42(33,21-54-28)57-23(2)45/h9-18,22,26-30,32-33,35,46,48,53H,19-21H2,1-8H3,(H,44,52)/t22?,26-,27-,28+,29?,30+,32-,33?,35-,41+,42-,43+/m0/s1. The van der Waals surface area contributed by atoms with Crippen LogP contribution in [-0.4, -0.2) is 105 Å². The Morgan fingerprint density at radius 2 is 1.55 bits per heavy atom. The lowest BCUT2D eigenvalue weighted by Crippen LogP contribution is -2.82. The quantitative estimate of drug-likeness (QED) is 0.171. The van der Waals surface area contributed by atoms with Crippen molar-refractivity contribution in [3.05, 3.63) is 71.8 Å². The number of aliphatic hydroxyl groups is 3. The van der Waals surface area contributed by atoms with E-state index in [1.165, 1.54) is 19.1 Å². The number of aliphatic hydroxyl groups excluding tert-OH is 2. The summed E-state index contributed by atoms with van der Waals surface area (Å²) in [5.41, 5.74) is -8.31. The lowest BCUT2D eigenvalue weighted by atomic mass is 9.42. The Hall–Kier alpha value is -4.70. The monoisotopic (exact) mass is 807 g/mol. The van der Waals surface area contributed by atoms with Crippen molar-refractivity contribution >= 4 is 35.6 Å². The van der Waals surface area contributed by atoms with Gasteiger partial charge in [-0.25, -0.2) is 14.4 Å². The third kappa shape index (κ3) is 7.09. The maximum Gasteiger partial charge on any atom is 0.408 e. The summed E-state index contributed by atoms with van der Waals surface area (Å²) in [7, 11) is 0. The van der Waals surface area contributed by atoms with Crippen LogP contribution in [0, 0.1) is 28.6 Å². The molecule has 4 aliphatic rings. The SMILES string of the molecule is CC(=O)O[C@@]12CO[C@@H]1C[C@H](O)[C@@]1(C)C(=O)C(=O)C3C(C)[C@@H](OC(=O)[C@@H](O)[C@H](NC(=O)OC(C)(C)C)c4ccccc4)C[C@@](O)([C@@H](OC(=O)c4ccccc4)C12)C3(C)C. The van der Waals surface area contributed by atoms with Crippen LogP contribution in [0.25, 0.3) is 0 Å². The molecule has 2 aromatic carbocycles. The Morgan fingerprint density at radius 1 is 0.948 bits per heavy atom. The second-order valence-corrected chi connectivity index (χ2v) is 17.9. The van der Waals surface area contributed by atoms with Crippen LogP contribution in [0.15, 0.2) is 60.7 Å². The second-order valence-electron chi connectivity index (χ2n) is 17.9. The normalized spacial score (nSPS) is 34.9. The molecule has 3 aliphatic carbocycles. The van der Waals surface area contributed by atoms with Crippen molar-refractivity contribution in [1.29, 1.82) is 0 Å². The summed E-state index contributed by atoms with van der Waals surface area (Å²) >= 11 is 0. The molecule has 15 heteroatoms. The summed E-state index contributed by atoms with van der Waals surface area (Å²) in [6.07, 6.45) is -9.48. The van der Waals surface area contributed by atoms with Gasteiger partial charge in [0.05, 0.1) is 35.6 Å². The van der Waals surface area contributed by atoms with Gasteiger partial charge >= 0.3 is 24.0 Å². The molecule has 6 rings (SSSR count). The molecule has 2 aromatic rings. The van der Waals surface area contributed by atoms with Crippen molar-refractivity contribution in [1.82, 2.24) is 5.32 Å². The predicted molar refractivity (Wildman–Crippen MR) is 203 cm³/mol. The molecule has 2 bridgehead atoms. The van der Waals surface area contributed by atoms with Crippen LogP contribution >= 0.6 is 0 Å². The zero-order valence-electron chi connectivity index (χ0n) is 33.9. The van der Waals surface area contributed by atoms with Crippen LogP contribution in [0.5, 0.6) is 0 Å². The highest BCUT2D eigenvalue weighted by Crippen LogP contribution is 2.64. The van der Waals surface area contributed by atoms with Crippen LogP contribution in [-0.2, 0) is 42.9 Å². The number of ketones is 2. The fraction of sp³-hybridized carbons (Fsp3) is 0.581. The van der Waals surface area contributed by atoms with Gasteiger partial charge < -0.3 is 44.3 Å². The van der Waals surface area contributed by atoms with Crippen LogP contribution in [0.1, 0.15) is 90.2 Å². The van der Waals surface area contributed by atoms with E-state index in [0.29, 0.717) is 5.56 Å². The number of hydrogen-bond acceptors (Lipinski definition) is 14. The number of rotatable bonds is 8. The Morgan fingerprint density at radius 3 is 2.10 bits per heavy atom. The summed E-state index contributed by atoms with van der Waals surface area (Å²) in [4.78, 5) is 83.6. The highest BCUT2D eigenvalue weighted by atomic mass is 16.6. The molecule has 1 heterocycles. The average molecular weight is 808 g/mol. The largest absolute Gasteiger partial charge is 0.460 e. The highest BCUT2D eigenvalue weighted by molar-refractivity contribution is 6.40. The van der Waals surface area contributed by atoms with Crippen molar-refractivity contribution < 1.29 is 67.8 Å². The fourth-order valence-corrected chi connectivity index (χ4v) is 9.87. The van der Waals surface area contributed by atoms with E-state index in [-0.39, 0.29) is 18.6 Å². The molecule has 1 saturated heterocycles. The summed E-state index contributed by atoms with van der Waals surface area (Å²) in [5, 5.41) is 39.3. The van der Waals surface area contributed by atoms with E-state index in [1.54, 1.807) is 90.1 Å². The molecule has 15 nitrogen and oxygen atoms in total. The van der Waals surface area contributed by atoms with Crippen molar-refractivity contribution in [3.8, 4) is 0 Å². The van der Waals surface area contributed by atoms with Crippen molar-refractivity contribution in [2.45, 2.75) is 122 Å². The van der Waals surface area contributed by atoms with Crippen molar-refractivity contribution in [3.63, 3.8) is 0 Å². The molecule has 58 heavy (non-hydrogen) atoms. The number of hydrogen-bond donors (Lipinski definition) is 4. The van der Waals surface area contributed by atoms with Crippen molar-refractivity contribution in [2.75, 3.05) is 6.61 Å². The van der Waals surface area contributed by atoms with E-state index in [1.807, 2.05) is 0 Å². The summed E-state index contributed by atoms with van der Waals surface area (Å²) < 4.78 is 29.5. The van der Waals surface area contributed by atoms with Gasteiger partial charge in [-0.3, -0.25) is 14.4 Å². The number of alkyl carbamates (subject to hydrolysis) is 1. The minimum atomic E-state index is -2.36. The molecule has 1 aliphatic heterocycles. The Kier molecular flexibility index (Phi) is 11.2. The first-order valence-electron chi connectivity index (χ1n) is 19.5. The Labute approximate surface area is 336 Å². The number of ether oxygens (including phenoxy) is 5. The first-order chi connectivity index (χ1) is 27.0. The zero-order chi connectivity index (χ0) is 42.7. The number of benzene rings is 2. The van der Waals surface area contributed by atoms with Gasteiger partial charge in [-0.05, 0) is 45.4 Å². The molecule has 314 valence electrons. The van der Waals surface area contributed by atoms with Gasteiger partial charge in [0.1, 0.15) is 29.5 Å². The molecule has 3 saturated carbocycles. The Bertz CT molecular complexity index is 1950. The van der Waals surface area contributed by atoms with Crippen LogP contribution in [0.2, 0.25) is 0 Å². The highest BCUT2D eigenvalue weighted by Gasteiger charge is 2.79. The van der Waals surface area contributed by atoms with E-state index >= 15 is 0 Å². The first-order valence-corrected chi connectivity index (χ1v) is 19.5. The number of Topliss-reactive ketones (excluding diaryl/α,β-unsaturated/α-hetero) is 2. The minimum Gasteiger partial charge on any atom is -0.460 e. The number of amides is 1. The molecule has 3 unspecified atom stereocenters. The molecule has 4 fully saturated rings. The van der Waals surface area contributed by atoms with Crippen LogP contribution in [0.3, 0.4) is 0 Å². The smallest absolute Gasteiger partial charge is 0.408 e. The topological polar surface area (TPSA) is 221 Å². The van der Waals surface area contributed by atoms with Crippen LogP contribution < -0.4 is 5.32 Å². The Balaban J connectivity index is 1.46. The molecule has 4 N–H and O–H groups in total. The van der Waals surface area contributed by atoms with Gasteiger partial charge in [0.25, 0.3) is 0 Å². The molecule has 12 atom stereocenters. The first kappa shape index (κ1) is 42.9. The fourth-order valence-electron chi connectivity index (χ4n) is 9.87. The molecular formula is C43H53NO14. The summed E-state index contributed by atoms with van der Waals surface area (Å²) in [6.45, 7) is 11.8. The average Bonchev–Trinajstić information content (AvgIpc) is 3.14. The number of carbonyl (C=O) groups excluding carboxylic acids is 6. The number of carbonyl (C=O) groups is 6. The van der Waals surface area contributed by atoms with Gasteiger partial charge in [0.2, 0.25) is 11.6 Å². The van der Waals surface area contributed by atoms with Crippen molar-refractivity contribution in [2.24, 2.45) is 28.6 Å². The molecule has 1 amide bonds. The summed E-state index contributed by atoms with van der Waals surface area (Å²) in [5.74, 6) is -8.93. The second kappa shape index (κ2) is 15.2. The van der Waals surface area contributed by atoms with E-state index < -0.39 is 124 Å². The van der Waals surface area contributed by atoms with E-state index in [0.717, 1.165) is 6.92 Å². The number of esters is 3. The lowest BCUT2D eigenvalue weighted by molar-refractivity contribution is -0.350. The van der Waals surface area contributed by atoms with Crippen LogP contribution in [0.4, 0.5) is 4.79 Å². The van der Waals surface area contributed by atoms with Gasteiger partial charge in [-0.15, -0.1) is 0 Å². The third-order valence-corrected chi connectivity index (χ3v) is 12.9. The molecule has 0 radical (unpaired) electrons. The maximum absolute atomic E-state index is 14.9. The van der Waals surface area contributed by atoms with E-state index in [2.05, 4.69) is 5.32 Å². The summed E-state index contributed by atoms with van der Waals surface area (Å²) in [6, 6.07) is 14.6. The third-order valence-electron chi connectivity index (χ3n) is 12.9. The van der Waals surface area contributed by atoms with Gasteiger partial charge in [0.15, 0.2) is 11.7 Å². The zero-order valence-corrected chi connectivity index (χ0v) is 33.9. The molecule has 0 aromatic heterocycles. The van der Waals surface area contributed by atoms with Gasteiger partial charge in [-0.1, -0.05) is 69.3 Å². The molecular weight excluding hydrogens is 754 g/mol. The van der Waals surface area contributed by atoms with E-state index in [9.17, 15) is 44.1 Å². The van der Waals surface area contributed by atoms with Gasteiger partial charge in [0, 0.05) is 37.0 Å². The predicted octanol–water partition coefficient (Wildman–Crippen LogP) is 3.40. The molecule has 0 spiro atoms. The van der Waals surface area contributed by atoms with Gasteiger partial charge in [-0.2, -0.15) is 0 Å². The van der Waals surface area contributed by atoms with E-state index in [4.69, 9.17) is 23.7 Å².